The van der Waals surface area contributed by atoms with Gasteiger partial charge in [0, 0.05) is 17.5 Å². The first-order valence-corrected chi connectivity index (χ1v) is 11.2. The van der Waals surface area contributed by atoms with Crippen molar-refractivity contribution in [2.75, 3.05) is 33.3 Å². The van der Waals surface area contributed by atoms with Crippen molar-refractivity contribution >= 4 is 28.2 Å². The third-order valence-corrected chi connectivity index (χ3v) is 6.68. The maximum atomic E-state index is 13.4. The summed E-state index contributed by atoms with van der Waals surface area (Å²) in [5, 5.41) is 2.44. The highest BCUT2D eigenvalue weighted by Crippen LogP contribution is 2.40. The molecule has 1 aliphatic rings. The summed E-state index contributed by atoms with van der Waals surface area (Å²) in [4.78, 5) is 31.8. The van der Waals surface area contributed by atoms with Crippen molar-refractivity contribution in [1.29, 1.82) is 0 Å². The molecule has 1 amide bonds. The third kappa shape index (κ3) is 3.52. The van der Waals surface area contributed by atoms with Gasteiger partial charge in [0.15, 0.2) is 5.43 Å². The standard InChI is InChI=1S/C23H26N2O4S/c1-4-24(5-2)11-7-12-25-20(18-8-6-13-30-18)19-21(26)16-10-9-15(28-3)14-17(16)29-22(19)23(25)27/h6,8-10,13-14,20H,4-5,7,11-12H2,1-3H3. The monoisotopic (exact) mass is 426 g/mol. The smallest absolute Gasteiger partial charge is 0.290 e. The average molecular weight is 427 g/mol. The first kappa shape index (κ1) is 20.6. The van der Waals surface area contributed by atoms with E-state index in [-0.39, 0.29) is 17.1 Å². The normalized spacial score (nSPS) is 15.9. The highest BCUT2D eigenvalue weighted by molar-refractivity contribution is 7.10. The first-order valence-electron chi connectivity index (χ1n) is 10.3. The molecule has 3 aromatic rings. The highest BCUT2D eigenvalue weighted by Gasteiger charge is 2.42. The Hall–Kier alpha value is -2.64. The topological polar surface area (TPSA) is 63.0 Å². The number of carbonyl (C=O) groups is 1. The Kier molecular flexibility index (Phi) is 5.92. The Bertz CT molecular complexity index is 1100. The van der Waals surface area contributed by atoms with Crippen molar-refractivity contribution in [2.24, 2.45) is 0 Å². The second-order valence-corrected chi connectivity index (χ2v) is 8.31. The van der Waals surface area contributed by atoms with E-state index in [1.165, 1.54) is 0 Å². The number of hydrogen-bond donors (Lipinski definition) is 0. The minimum Gasteiger partial charge on any atom is -0.497 e. The van der Waals surface area contributed by atoms with Crippen molar-refractivity contribution < 1.29 is 13.9 Å². The fourth-order valence-corrected chi connectivity index (χ4v) is 4.95. The van der Waals surface area contributed by atoms with Crippen molar-refractivity contribution in [1.82, 2.24) is 9.80 Å². The molecule has 0 saturated carbocycles. The second kappa shape index (κ2) is 8.62. The molecular formula is C23H26N2O4S. The molecule has 1 aromatic carbocycles. The summed E-state index contributed by atoms with van der Waals surface area (Å²) in [5.41, 5.74) is 0.677. The minimum atomic E-state index is -0.396. The van der Waals surface area contributed by atoms with Crippen LogP contribution in [0.4, 0.5) is 0 Å². The van der Waals surface area contributed by atoms with Crippen LogP contribution in [0.15, 0.2) is 44.9 Å². The predicted molar refractivity (Wildman–Crippen MR) is 119 cm³/mol. The molecule has 158 valence electrons. The van der Waals surface area contributed by atoms with Crippen molar-refractivity contribution in [3.8, 4) is 5.75 Å². The van der Waals surface area contributed by atoms with E-state index >= 15 is 0 Å². The van der Waals surface area contributed by atoms with Gasteiger partial charge >= 0.3 is 0 Å². The van der Waals surface area contributed by atoms with Gasteiger partial charge in [-0.2, -0.15) is 0 Å². The zero-order valence-electron chi connectivity index (χ0n) is 17.5. The molecular weight excluding hydrogens is 400 g/mol. The van der Waals surface area contributed by atoms with Crippen LogP contribution in [0, 0.1) is 0 Å². The maximum absolute atomic E-state index is 13.4. The fourth-order valence-electron chi connectivity index (χ4n) is 4.10. The van der Waals surface area contributed by atoms with E-state index in [1.54, 1.807) is 41.5 Å². The molecule has 7 heteroatoms. The molecule has 1 unspecified atom stereocenters. The SMILES string of the molecule is CCN(CC)CCCN1C(=O)c2oc3cc(OC)ccc3c(=O)c2C1c1cccs1. The highest BCUT2D eigenvalue weighted by atomic mass is 32.1. The van der Waals surface area contributed by atoms with E-state index in [0.717, 1.165) is 30.9 Å². The molecule has 1 atom stereocenters. The van der Waals surface area contributed by atoms with Gasteiger partial charge in [-0.25, -0.2) is 0 Å². The molecule has 4 rings (SSSR count). The van der Waals surface area contributed by atoms with Gasteiger partial charge in [-0.15, -0.1) is 11.3 Å². The predicted octanol–water partition coefficient (Wildman–Crippen LogP) is 4.14. The lowest BCUT2D eigenvalue weighted by Gasteiger charge is -2.25. The Balaban J connectivity index is 1.76. The summed E-state index contributed by atoms with van der Waals surface area (Å²) in [6.07, 6.45) is 0.838. The molecule has 0 fully saturated rings. The van der Waals surface area contributed by atoms with Crippen molar-refractivity contribution in [2.45, 2.75) is 26.3 Å². The number of rotatable bonds is 8. The molecule has 2 aromatic heterocycles. The molecule has 0 bridgehead atoms. The Morgan fingerprint density at radius 1 is 1.20 bits per heavy atom. The lowest BCUT2D eigenvalue weighted by Crippen LogP contribution is -2.33. The van der Waals surface area contributed by atoms with Crippen LogP contribution < -0.4 is 10.2 Å². The van der Waals surface area contributed by atoms with E-state index < -0.39 is 6.04 Å². The van der Waals surface area contributed by atoms with Gasteiger partial charge in [-0.05, 0) is 49.6 Å². The van der Waals surface area contributed by atoms with Gasteiger partial charge in [0.05, 0.1) is 24.1 Å². The molecule has 6 nitrogen and oxygen atoms in total. The number of nitrogens with zero attached hydrogens (tertiary/aromatic N) is 2. The van der Waals surface area contributed by atoms with Crippen molar-refractivity contribution in [3.63, 3.8) is 0 Å². The van der Waals surface area contributed by atoms with E-state index in [9.17, 15) is 9.59 Å². The summed E-state index contributed by atoms with van der Waals surface area (Å²) in [5.74, 6) is 0.522. The number of hydrogen-bond acceptors (Lipinski definition) is 6. The fraction of sp³-hybridized carbons (Fsp3) is 0.391. The van der Waals surface area contributed by atoms with Crippen LogP contribution in [-0.4, -0.2) is 49.0 Å². The van der Waals surface area contributed by atoms with Gasteiger partial charge in [0.25, 0.3) is 5.91 Å². The summed E-state index contributed by atoms with van der Waals surface area (Å²) < 4.78 is 11.2. The van der Waals surface area contributed by atoms with Crippen molar-refractivity contribution in [3.05, 3.63) is 62.1 Å². The van der Waals surface area contributed by atoms with Gasteiger partial charge in [0.1, 0.15) is 11.3 Å². The molecule has 30 heavy (non-hydrogen) atoms. The zero-order valence-corrected chi connectivity index (χ0v) is 18.3. The Morgan fingerprint density at radius 2 is 2.00 bits per heavy atom. The summed E-state index contributed by atoms with van der Waals surface area (Å²) >= 11 is 1.55. The lowest BCUT2D eigenvalue weighted by atomic mass is 10.0. The van der Waals surface area contributed by atoms with Crippen LogP contribution in [0.5, 0.6) is 5.75 Å². The van der Waals surface area contributed by atoms with Gasteiger partial charge in [-0.1, -0.05) is 19.9 Å². The van der Waals surface area contributed by atoms with E-state index in [1.807, 2.05) is 17.5 Å². The first-order chi connectivity index (χ1) is 14.6. The van der Waals surface area contributed by atoms with E-state index in [2.05, 4.69) is 18.7 Å². The van der Waals surface area contributed by atoms with Crippen LogP contribution in [0.2, 0.25) is 0 Å². The molecule has 0 aliphatic carbocycles. The summed E-state index contributed by atoms with van der Waals surface area (Å²) in [6, 6.07) is 8.64. The number of amides is 1. The lowest BCUT2D eigenvalue weighted by molar-refractivity contribution is 0.0722. The van der Waals surface area contributed by atoms with Crippen LogP contribution in [0.3, 0.4) is 0 Å². The largest absolute Gasteiger partial charge is 0.497 e. The van der Waals surface area contributed by atoms with Gasteiger partial charge in [-0.3, -0.25) is 9.59 Å². The van der Waals surface area contributed by atoms with Crippen LogP contribution in [0.1, 0.15) is 47.3 Å². The Labute approximate surface area is 179 Å². The van der Waals surface area contributed by atoms with Crippen LogP contribution >= 0.6 is 11.3 Å². The molecule has 0 radical (unpaired) electrons. The zero-order chi connectivity index (χ0) is 21.3. The molecule has 0 spiro atoms. The number of thiophene rings is 1. The second-order valence-electron chi connectivity index (χ2n) is 7.33. The van der Waals surface area contributed by atoms with Crippen LogP contribution in [-0.2, 0) is 0 Å². The van der Waals surface area contributed by atoms with Gasteiger partial charge < -0.3 is 19.0 Å². The third-order valence-electron chi connectivity index (χ3n) is 5.76. The Morgan fingerprint density at radius 3 is 2.67 bits per heavy atom. The molecule has 1 aliphatic heterocycles. The molecule has 3 heterocycles. The van der Waals surface area contributed by atoms with Crippen LogP contribution in [0.25, 0.3) is 11.0 Å². The number of methoxy groups -OCH3 is 1. The number of benzene rings is 1. The van der Waals surface area contributed by atoms with E-state index in [0.29, 0.717) is 28.8 Å². The summed E-state index contributed by atoms with van der Waals surface area (Å²) in [6.45, 7) is 7.71. The minimum absolute atomic E-state index is 0.146. The number of fused-ring (bicyclic) bond motifs is 2. The molecule has 0 saturated heterocycles. The maximum Gasteiger partial charge on any atom is 0.290 e. The van der Waals surface area contributed by atoms with Gasteiger partial charge in [0.2, 0.25) is 5.76 Å². The quantitative estimate of drug-likeness (QED) is 0.542. The number of ether oxygens (including phenoxy) is 1. The average Bonchev–Trinajstić information content (AvgIpc) is 3.38. The summed E-state index contributed by atoms with van der Waals surface area (Å²) in [7, 11) is 1.56. The molecule has 0 N–H and O–H groups in total. The van der Waals surface area contributed by atoms with E-state index in [4.69, 9.17) is 9.15 Å². The number of carbonyl (C=O) groups excluding carboxylic acids is 1.